The fourth-order valence-corrected chi connectivity index (χ4v) is 3.42. The smallest absolute Gasteiger partial charge is 0.261 e. The number of anilines is 1. The first-order chi connectivity index (χ1) is 15.0. The molecule has 31 heavy (non-hydrogen) atoms. The Morgan fingerprint density at radius 1 is 0.839 bits per heavy atom. The summed E-state index contributed by atoms with van der Waals surface area (Å²) in [5.74, 6) is -0.142. The molecule has 156 valence electrons. The Kier molecular flexibility index (Phi) is 5.41. The van der Waals surface area contributed by atoms with Gasteiger partial charge in [-0.1, -0.05) is 30.3 Å². The van der Waals surface area contributed by atoms with Gasteiger partial charge in [0.15, 0.2) is 0 Å². The number of ether oxygens (including phenoxy) is 2. The lowest BCUT2D eigenvalue weighted by Gasteiger charge is -2.13. The Bertz CT molecular complexity index is 1150. The first-order valence-electron chi connectivity index (χ1n) is 9.58. The molecule has 0 atom stereocenters. The Balaban J connectivity index is 1.56. The molecule has 3 aromatic carbocycles. The van der Waals surface area contributed by atoms with Crippen LogP contribution in [0.2, 0.25) is 0 Å². The normalized spacial score (nSPS) is 12.5. The number of rotatable bonds is 6. The lowest BCUT2D eigenvalue weighted by molar-refractivity contribution is 0.0642. The summed E-state index contributed by atoms with van der Waals surface area (Å²) in [5.41, 5.74) is 2.11. The van der Waals surface area contributed by atoms with Gasteiger partial charge >= 0.3 is 0 Å². The number of fused-ring (bicyclic) bond motifs is 1. The standard InChI is InChI=1S/C24H20N2O5/c1-30-18-11-17(12-19(13-18)31-2)25-22(27)16-8-9-20-21(10-16)24(29)26(23(20)28)14-15-6-4-3-5-7-15/h3-13H,14H2,1-2H3,(H,25,27). The quantitative estimate of drug-likeness (QED) is 0.619. The summed E-state index contributed by atoms with van der Waals surface area (Å²) in [6.07, 6.45) is 0. The molecule has 0 bridgehead atoms. The average Bonchev–Trinajstić information content (AvgIpc) is 3.03. The van der Waals surface area contributed by atoms with Gasteiger partial charge in [-0.25, -0.2) is 0 Å². The number of imide groups is 1. The number of carbonyl (C=O) groups excluding carboxylic acids is 3. The number of benzene rings is 3. The average molecular weight is 416 g/mol. The van der Waals surface area contributed by atoms with E-state index in [9.17, 15) is 14.4 Å². The minimum Gasteiger partial charge on any atom is -0.497 e. The van der Waals surface area contributed by atoms with E-state index >= 15 is 0 Å². The Morgan fingerprint density at radius 3 is 2.13 bits per heavy atom. The zero-order valence-electron chi connectivity index (χ0n) is 17.0. The maximum absolute atomic E-state index is 12.9. The van der Waals surface area contributed by atoms with Crippen LogP contribution in [-0.2, 0) is 6.54 Å². The molecule has 0 radical (unpaired) electrons. The van der Waals surface area contributed by atoms with Crippen LogP contribution >= 0.6 is 0 Å². The zero-order valence-corrected chi connectivity index (χ0v) is 17.0. The fraction of sp³-hybridized carbons (Fsp3) is 0.125. The van der Waals surface area contributed by atoms with Crippen LogP contribution in [0, 0.1) is 0 Å². The summed E-state index contributed by atoms with van der Waals surface area (Å²) in [6, 6.07) is 18.8. The van der Waals surface area contributed by atoms with Gasteiger partial charge in [-0.15, -0.1) is 0 Å². The highest BCUT2D eigenvalue weighted by Crippen LogP contribution is 2.28. The van der Waals surface area contributed by atoms with Crippen molar-refractivity contribution < 1.29 is 23.9 Å². The molecule has 3 aromatic rings. The van der Waals surface area contributed by atoms with Gasteiger partial charge in [0.25, 0.3) is 17.7 Å². The first kappa shape index (κ1) is 20.2. The van der Waals surface area contributed by atoms with E-state index in [4.69, 9.17) is 9.47 Å². The number of amides is 3. The molecule has 3 amide bonds. The van der Waals surface area contributed by atoms with Crippen molar-refractivity contribution in [3.8, 4) is 11.5 Å². The Hall–Kier alpha value is -4.13. The maximum Gasteiger partial charge on any atom is 0.261 e. The minimum absolute atomic E-state index is 0.179. The molecule has 1 N–H and O–H groups in total. The van der Waals surface area contributed by atoms with E-state index in [2.05, 4.69) is 5.32 Å². The maximum atomic E-state index is 12.9. The first-order valence-corrected chi connectivity index (χ1v) is 9.58. The van der Waals surface area contributed by atoms with Crippen LogP contribution in [0.4, 0.5) is 5.69 Å². The van der Waals surface area contributed by atoms with Gasteiger partial charge in [0, 0.05) is 29.4 Å². The molecule has 7 heteroatoms. The number of hydrogen-bond donors (Lipinski definition) is 1. The number of nitrogens with one attached hydrogen (secondary N) is 1. The Morgan fingerprint density at radius 2 is 1.48 bits per heavy atom. The molecule has 0 spiro atoms. The van der Waals surface area contributed by atoms with E-state index < -0.39 is 11.8 Å². The van der Waals surface area contributed by atoms with Crippen LogP contribution in [0.5, 0.6) is 11.5 Å². The number of methoxy groups -OCH3 is 2. The monoisotopic (exact) mass is 416 g/mol. The van der Waals surface area contributed by atoms with E-state index in [1.54, 1.807) is 18.2 Å². The van der Waals surface area contributed by atoms with Gasteiger partial charge in [0.1, 0.15) is 11.5 Å². The van der Waals surface area contributed by atoms with Crippen molar-refractivity contribution in [2.24, 2.45) is 0 Å². The summed E-state index contributed by atoms with van der Waals surface area (Å²) in [5, 5.41) is 2.77. The van der Waals surface area contributed by atoms with Crippen LogP contribution in [0.3, 0.4) is 0 Å². The van der Waals surface area contributed by atoms with Gasteiger partial charge in [-0.05, 0) is 23.8 Å². The van der Waals surface area contributed by atoms with E-state index in [1.807, 2.05) is 30.3 Å². The van der Waals surface area contributed by atoms with Crippen LogP contribution in [-0.4, -0.2) is 36.8 Å². The van der Waals surface area contributed by atoms with Crippen molar-refractivity contribution in [1.82, 2.24) is 4.90 Å². The van der Waals surface area contributed by atoms with Crippen LogP contribution in [0.25, 0.3) is 0 Å². The van der Waals surface area contributed by atoms with Crippen molar-refractivity contribution in [2.75, 3.05) is 19.5 Å². The molecule has 0 aliphatic carbocycles. The second kappa shape index (κ2) is 8.31. The lowest BCUT2D eigenvalue weighted by Crippen LogP contribution is -2.29. The summed E-state index contributed by atoms with van der Waals surface area (Å²) in [6.45, 7) is 0.179. The topological polar surface area (TPSA) is 84.9 Å². The fourth-order valence-electron chi connectivity index (χ4n) is 3.42. The molecule has 7 nitrogen and oxygen atoms in total. The molecule has 0 saturated carbocycles. The third-order valence-electron chi connectivity index (χ3n) is 5.03. The number of hydrogen-bond acceptors (Lipinski definition) is 5. The van der Waals surface area contributed by atoms with E-state index in [1.165, 1.54) is 37.3 Å². The van der Waals surface area contributed by atoms with Crippen molar-refractivity contribution in [1.29, 1.82) is 0 Å². The van der Waals surface area contributed by atoms with Crippen LogP contribution in [0.15, 0.2) is 66.7 Å². The Labute approximate surface area is 179 Å². The lowest BCUT2D eigenvalue weighted by atomic mass is 10.1. The molecule has 0 unspecified atom stereocenters. The molecule has 4 rings (SSSR count). The molecule has 1 aliphatic heterocycles. The van der Waals surface area contributed by atoms with Gasteiger partial charge in [-0.2, -0.15) is 0 Å². The zero-order chi connectivity index (χ0) is 22.0. The van der Waals surface area contributed by atoms with E-state index in [-0.39, 0.29) is 23.6 Å². The predicted octanol–water partition coefficient (Wildman–Crippen LogP) is 3.75. The highest BCUT2D eigenvalue weighted by Gasteiger charge is 2.36. The van der Waals surface area contributed by atoms with Gasteiger partial charge in [-0.3, -0.25) is 19.3 Å². The van der Waals surface area contributed by atoms with Crippen LogP contribution in [0.1, 0.15) is 36.6 Å². The van der Waals surface area contributed by atoms with Gasteiger partial charge < -0.3 is 14.8 Å². The molecular formula is C24H20N2O5. The summed E-state index contributed by atoms with van der Waals surface area (Å²) < 4.78 is 10.4. The second-order valence-electron chi connectivity index (χ2n) is 7.00. The minimum atomic E-state index is -0.417. The van der Waals surface area contributed by atoms with E-state index in [0.29, 0.717) is 22.7 Å². The van der Waals surface area contributed by atoms with Crippen LogP contribution < -0.4 is 14.8 Å². The SMILES string of the molecule is COc1cc(NC(=O)c2ccc3c(c2)C(=O)N(Cc2ccccc2)C3=O)cc(OC)c1. The summed E-state index contributed by atoms with van der Waals surface area (Å²) >= 11 is 0. The van der Waals surface area contributed by atoms with E-state index in [0.717, 1.165) is 5.56 Å². The summed E-state index contributed by atoms with van der Waals surface area (Å²) in [4.78, 5) is 39.5. The number of carbonyl (C=O) groups is 3. The molecular weight excluding hydrogens is 396 g/mol. The second-order valence-corrected chi connectivity index (χ2v) is 7.00. The van der Waals surface area contributed by atoms with Crippen molar-refractivity contribution in [3.63, 3.8) is 0 Å². The van der Waals surface area contributed by atoms with Crippen molar-refractivity contribution >= 4 is 23.4 Å². The summed E-state index contributed by atoms with van der Waals surface area (Å²) in [7, 11) is 3.04. The third kappa shape index (κ3) is 3.98. The van der Waals surface area contributed by atoms with Gasteiger partial charge in [0.2, 0.25) is 0 Å². The molecule has 1 heterocycles. The van der Waals surface area contributed by atoms with Crippen molar-refractivity contribution in [3.05, 3.63) is 89.0 Å². The molecule has 0 aromatic heterocycles. The highest BCUT2D eigenvalue weighted by molar-refractivity contribution is 6.22. The molecule has 0 saturated heterocycles. The molecule has 0 fully saturated rings. The van der Waals surface area contributed by atoms with Gasteiger partial charge in [0.05, 0.1) is 31.9 Å². The van der Waals surface area contributed by atoms with Crippen molar-refractivity contribution in [2.45, 2.75) is 6.54 Å². The largest absolute Gasteiger partial charge is 0.497 e. The molecule has 1 aliphatic rings. The predicted molar refractivity (Wildman–Crippen MR) is 115 cm³/mol. The highest BCUT2D eigenvalue weighted by atomic mass is 16.5. The number of nitrogens with zero attached hydrogens (tertiary/aromatic N) is 1. The third-order valence-corrected chi connectivity index (χ3v) is 5.03.